The molecule has 1 aliphatic rings. The average molecular weight is 311 g/mol. The Hall–Kier alpha value is -1.47. The van der Waals surface area contributed by atoms with E-state index in [-0.39, 0.29) is 18.4 Å². The number of aromatic nitrogens is 2. The van der Waals surface area contributed by atoms with Gasteiger partial charge in [-0.2, -0.15) is 4.98 Å². The summed E-state index contributed by atoms with van der Waals surface area (Å²) < 4.78 is 16.2. The van der Waals surface area contributed by atoms with Gasteiger partial charge < -0.3 is 19.3 Å². The number of amides is 1. The number of ether oxygens (including phenoxy) is 2. The number of hydrogen-bond donors (Lipinski definition) is 1. The molecule has 1 N–H and O–H groups in total. The zero-order valence-corrected chi connectivity index (χ0v) is 13.6. The molecule has 0 aromatic carbocycles. The topological polar surface area (TPSA) is 86.5 Å². The van der Waals surface area contributed by atoms with E-state index in [1.807, 2.05) is 13.8 Å². The lowest BCUT2D eigenvalue weighted by molar-refractivity contribution is -0.121. The van der Waals surface area contributed by atoms with Gasteiger partial charge in [0.25, 0.3) is 5.89 Å². The molecular formula is C15H25N3O4. The molecular weight excluding hydrogens is 286 g/mol. The molecule has 124 valence electrons. The molecule has 1 unspecified atom stereocenters. The molecule has 1 aromatic rings. The first kappa shape index (κ1) is 16.9. The van der Waals surface area contributed by atoms with Gasteiger partial charge in [0.15, 0.2) is 5.82 Å². The van der Waals surface area contributed by atoms with Crippen LogP contribution in [0, 0.1) is 0 Å². The van der Waals surface area contributed by atoms with E-state index in [9.17, 15) is 4.79 Å². The van der Waals surface area contributed by atoms with E-state index in [0.29, 0.717) is 24.9 Å². The summed E-state index contributed by atoms with van der Waals surface area (Å²) in [5.74, 6) is 0.747. The predicted octanol–water partition coefficient (Wildman–Crippen LogP) is 1.57. The molecule has 0 spiro atoms. The summed E-state index contributed by atoms with van der Waals surface area (Å²) in [7, 11) is 1.60. The molecule has 1 aliphatic carbocycles. The summed E-state index contributed by atoms with van der Waals surface area (Å²) in [6.07, 6.45) is 4.05. The van der Waals surface area contributed by atoms with Crippen LogP contribution in [0.4, 0.5) is 0 Å². The Bertz CT molecular complexity index is 483. The van der Waals surface area contributed by atoms with E-state index in [1.165, 1.54) is 0 Å². The summed E-state index contributed by atoms with van der Waals surface area (Å²) in [6.45, 7) is 4.91. The Balaban J connectivity index is 1.97. The van der Waals surface area contributed by atoms with Crippen LogP contribution in [0.1, 0.15) is 51.2 Å². The van der Waals surface area contributed by atoms with Gasteiger partial charge in [0.2, 0.25) is 5.91 Å². The number of carbonyl (C=O) groups is 1. The Labute approximate surface area is 130 Å². The average Bonchev–Trinajstić information content (AvgIpc) is 3.09. The number of methoxy groups -OCH3 is 1. The maximum absolute atomic E-state index is 11.9. The van der Waals surface area contributed by atoms with Gasteiger partial charge in [-0.05, 0) is 39.5 Å². The summed E-state index contributed by atoms with van der Waals surface area (Å²) >= 11 is 0. The molecule has 1 atom stereocenters. The van der Waals surface area contributed by atoms with Gasteiger partial charge in [0.05, 0.1) is 13.0 Å². The van der Waals surface area contributed by atoms with E-state index < -0.39 is 5.60 Å². The minimum absolute atomic E-state index is 0.0477. The van der Waals surface area contributed by atoms with Crippen LogP contribution in [-0.4, -0.2) is 42.4 Å². The van der Waals surface area contributed by atoms with E-state index in [2.05, 4.69) is 15.5 Å². The summed E-state index contributed by atoms with van der Waals surface area (Å²) in [6, 6.07) is -0.0477. The fourth-order valence-electron chi connectivity index (χ4n) is 2.91. The molecule has 7 nitrogen and oxygen atoms in total. The van der Waals surface area contributed by atoms with Crippen LogP contribution >= 0.6 is 0 Å². The molecule has 0 radical (unpaired) electrons. The highest BCUT2D eigenvalue weighted by atomic mass is 16.5. The monoisotopic (exact) mass is 311 g/mol. The van der Waals surface area contributed by atoms with E-state index in [1.54, 1.807) is 7.11 Å². The first-order valence-electron chi connectivity index (χ1n) is 7.85. The van der Waals surface area contributed by atoms with Crippen molar-refractivity contribution in [1.82, 2.24) is 15.5 Å². The molecule has 0 bridgehead atoms. The molecule has 1 fully saturated rings. The van der Waals surface area contributed by atoms with E-state index in [0.717, 1.165) is 25.7 Å². The van der Waals surface area contributed by atoms with Gasteiger partial charge in [-0.1, -0.05) is 5.16 Å². The zero-order valence-electron chi connectivity index (χ0n) is 13.6. The van der Waals surface area contributed by atoms with Crippen molar-refractivity contribution in [1.29, 1.82) is 0 Å². The second-order valence-corrected chi connectivity index (χ2v) is 5.75. The molecule has 7 heteroatoms. The van der Waals surface area contributed by atoms with Crippen molar-refractivity contribution < 1.29 is 18.8 Å². The van der Waals surface area contributed by atoms with Crippen LogP contribution in [0.25, 0.3) is 0 Å². The molecule has 22 heavy (non-hydrogen) atoms. The van der Waals surface area contributed by atoms with Crippen molar-refractivity contribution in [3.05, 3.63) is 11.7 Å². The standard InChI is InChI=1S/C15H25N3O4/c1-4-21-15(7-5-6-8-15)14-17-12(18-22-14)9-13(19)16-11(2)10-20-3/h11H,4-10H2,1-3H3,(H,16,19). The number of nitrogens with zero attached hydrogens (tertiary/aromatic N) is 2. The second kappa shape index (κ2) is 7.69. The third-order valence-corrected chi connectivity index (χ3v) is 3.83. The van der Waals surface area contributed by atoms with Crippen LogP contribution in [0.2, 0.25) is 0 Å². The number of nitrogens with one attached hydrogen (secondary N) is 1. The smallest absolute Gasteiger partial charge is 0.258 e. The minimum atomic E-state index is -0.459. The van der Waals surface area contributed by atoms with Crippen LogP contribution < -0.4 is 5.32 Å². The van der Waals surface area contributed by atoms with Gasteiger partial charge in [-0.25, -0.2) is 0 Å². The highest BCUT2D eigenvalue weighted by Crippen LogP contribution is 2.41. The van der Waals surface area contributed by atoms with Crippen molar-refractivity contribution in [2.24, 2.45) is 0 Å². The van der Waals surface area contributed by atoms with Crippen LogP contribution in [0.15, 0.2) is 4.52 Å². The Morgan fingerprint density at radius 3 is 2.82 bits per heavy atom. The molecule has 2 rings (SSSR count). The van der Waals surface area contributed by atoms with E-state index in [4.69, 9.17) is 14.0 Å². The maximum Gasteiger partial charge on any atom is 0.258 e. The minimum Gasteiger partial charge on any atom is -0.383 e. The summed E-state index contributed by atoms with van der Waals surface area (Å²) in [4.78, 5) is 16.3. The van der Waals surface area contributed by atoms with Crippen molar-refractivity contribution in [3.8, 4) is 0 Å². The fraction of sp³-hybridized carbons (Fsp3) is 0.800. The van der Waals surface area contributed by atoms with Crippen molar-refractivity contribution >= 4 is 5.91 Å². The fourth-order valence-corrected chi connectivity index (χ4v) is 2.91. The molecule has 1 amide bonds. The van der Waals surface area contributed by atoms with Crippen molar-refractivity contribution in [3.63, 3.8) is 0 Å². The quantitative estimate of drug-likeness (QED) is 0.784. The maximum atomic E-state index is 11.9. The lowest BCUT2D eigenvalue weighted by Gasteiger charge is -2.24. The Morgan fingerprint density at radius 2 is 2.18 bits per heavy atom. The van der Waals surface area contributed by atoms with Crippen molar-refractivity contribution in [2.45, 2.75) is 57.6 Å². The molecule has 0 aliphatic heterocycles. The zero-order chi connectivity index (χ0) is 16.0. The van der Waals surface area contributed by atoms with Crippen molar-refractivity contribution in [2.75, 3.05) is 20.3 Å². The highest BCUT2D eigenvalue weighted by Gasteiger charge is 2.41. The predicted molar refractivity (Wildman–Crippen MR) is 79.3 cm³/mol. The normalized spacial score (nSPS) is 18.3. The SMILES string of the molecule is CCOC1(c2nc(CC(=O)NC(C)COC)no2)CCCC1. The summed E-state index contributed by atoms with van der Waals surface area (Å²) in [5.41, 5.74) is -0.459. The van der Waals surface area contributed by atoms with Crippen LogP contribution in [0.3, 0.4) is 0 Å². The van der Waals surface area contributed by atoms with Crippen LogP contribution in [-0.2, 0) is 26.3 Å². The molecule has 1 saturated carbocycles. The Morgan fingerprint density at radius 1 is 1.45 bits per heavy atom. The van der Waals surface area contributed by atoms with Gasteiger partial charge in [0.1, 0.15) is 5.60 Å². The van der Waals surface area contributed by atoms with Gasteiger partial charge >= 0.3 is 0 Å². The first-order valence-corrected chi connectivity index (χ1v) is 7.85. The van der Waals surface area contributed by atoms with Gasteiger partial charge in [-0.3, -0.25) is 4.79 Å². The third kappa shape index (κ3) is 4.04. The molecule has 1 heterocycles. The van der Waals surface area contributed by atoms with Gasteiger partial charge in [-0.15, -0.1) is 0 Å². The molecule has 1 aromatic heterocycles. The second-order valence-electron chi connectivity index (χ2n) is 5.75. The third-order valence-electron chi connectivity index (χ3n) is 3.83. The number of carbonyl (C=O) groups excluding carboxylic acids is 1. The number of hydrogen-bond acceptors (Lipinski definition) is 6. The Kier molecular flexibility index (Phi) is 5.90. The highest BCUT2D eigenvalue weighted by molar-refractivity contribution is 5.77. The molecule has 0 saturated heterocycles. The number of rotatable bonds is 8. The summed E-state index contributed by atoms with van der Waals surface area (Å²) in [5, 5.41) is 6.75. The lowest BCUT2D eigenvalue weighted by Crippen LogP contribution is -2.36. The lowest BCUT2D eigenvalue weighted by atomic mass is 10.0. The van der Waals surface area contributed by atoms with Gasteiger partial charge in [0, 0.05) is 19.8 Å². The largest absolute Gasteiger partial charge is 0.383 e. The first-order chi connectivity index (χ1) is 10.6. The van der Waals surface area contributed by atoms with E-state index >= 15 is 0 Å². The van der Waals surface area contributed by atoms with Crippen LogP contribution in [0.5, 0.6) is 0 Å².